The van der Waals surface area contributed by atoms with Crippen molar-refractivity contribution in [3.8, 4) is 5.69 Å². The third kappa shape index (κ3) is 7.10. The van der Waals surface area contributed by atoms with Crippen LogP contribution >= 0.6 is 34.8 Å². The van der Waals surface area contributed by atoms with E-state index >= 15 is 0 Å². The number of benzene rings is 2. The Morgan fingerprint density at radius 3 is 2.38 bits per heavy atom. The number of rotatable bonds is 10. The third-order valence-corrected chi connectivity index (χ3v) is 9.11. The Labute approximate surface area is 259 Å². The van der Waals surface area contributed by atoms with E-state index in [1.165, 1.54) is 4.68 Å². The maximum absolute atomic E-state index is 13.3. The number of nitrogens with zero attached hydrogens (tertiary/aromatic N) is 4. The number of fused-ring (bicyclic) bond motifs is 1. The molecule has 224 valence electrons. The number of sulfonamides is 1. The average Bonchev–Trinajstić information content (AvgIpc) is 3.30. The van der Waals surface area contributed by atoms with Crippen LogP contribution in [0.25, 0.3) is 16.7 Å². The second-order valence-electron chi connectivity index (χ2n) is 10.5. The summed E-state index contributed by atoms with van der Waals surface area (Å²) >= 11 is 19.1. The van der Waals surface area contributed by atoms with Crippen LogP contribution in [0.3, 0.4) is 0 Å². The third-order valence-electron chi connectivity index (χ3n) is 6.94. The minimum Gasteiger partial charge on any atom is -0.379 e. The molecule has 42 heavy (non-hydrogen) atoms. The number of morpholine rings is 1. The van der Waals surface area contributed by atoms with Crippen LogP contribution in [0.5, 0.6) is 0 Å². The van der Waals surface area contributed by atoms with E-state index in [0.29, 0.717) is 71.5 Å². The lowest BCUT2D eigenvalue weighted by atomic mass is 10.1. The largest absolute Gasteiger partial charge is 0.379 e. The van der Waals surface area contributed by atoms with E-state index in [9.17, 15) is 13.2 Å². The quantitative estimate of drug-likeness (QED) is 0.240. The summed E-state index contributed by atoms with van der Waals surface area (Å²) in [5.41, 5.74) is 2.23. The maximum atomic E-state index is 13.3. The first-order valence-corrected chi connectivity index (χ1v) is 16.4. The van der Waals surface area contributed by atoms with Crippen molar-refractivity contribution in [2.45, 2.75) is 32.6 Å². The van der Waals surface area contributed by atoms with Crippen LogP contribution in [0.2, 0.25) is 15.1 Å². The van der Waals surface area contributed by atoms with Crippen LogP contribution in [0.1, 0.15) is 43.3 Å². The number of H-pyrrole nitrogens is 1. The van der Waals surface area contributed by atoms with Crippen molar-refractivity contribution in [1.29, 1.82) is 0 Å². The normalized spacial score (nSPS) is 14.6. The molecule has 5 rings (SSSR count). The van der Waals surface area contributed by atoms with Crippen molar-refractivity contribution in [3.05, 3.63) is 78.9 Å². The monoisotopic (exact) mass is 652 g/mol. The zero-order valence-electron chi connectivity index (χ0n) is 23.2. The Balaban J connectivity index is 1.35. The molecular weight excluding hydrogens is 623 g/mol. The molecule has 2 N–H and O–H groups in total. The minimum atomic E-state index is -3.49. The van der Waals surface area contributed by atoms with Crippen LogP contribution in [-0.4, -0.2) is 71.7 Å². The molecule has 0 spiro atoms. The number of hydrogen-bond donors (Lipinski definition) is 2. The standard InChI is InChI=1S/C28H31Cl3N6O4S/c1-17(2)25-24-27(37(34-25)26-21(30)15-19(29)16-22(26)31)32-23(33-28(24)38)14-18-4-6-20(7-5-18)35-42(39,40)13-3-8-36-9-11-41-12-10-36/h4-7,15-17,35H,3,8-14H2,1-2H3,(H,32,33,38). The predicted octanol–water partition coefficient (Wildman–Crippen LogP) is 5.25. The van der Waals surface area contributed by atoms with Crippen molar-refractivity contribution in [2.24, 2.45) is 0 Å². The molecule has 1 aliphatic rings. The van der Waals surface area contributed by atoms with Gasteiger partial charge < -0.3 is 9.72 Å². The summed E-state index contributed by atoms with van der Waals surface area (Å²) in [5.74, 6) is 0.370. The number of hydrogen-bond acceptors (Lipinski definition) is 7. The SMILES string of the molecule is CC(C)c1nn(-c2c(Cl)cc(Cl)cc2Cl)c2nc(Cc3ccc(NS(=O)(=O)CCCN4CCOCC4)cc3)[nH]c(=O)c12. The predicted molar refractivity (Wildman–Crippen MR) is 167 cm³/mol. The van der Waals surface area contributed by atoms with Crippen LogP contribution in [0.15, 0.2) is 41.2 Å². The molecule has 0 amide bonds. The van der Waals surface area contributed by atoms with Gasteiger partial charge >= 0.3 is 0 Å². The highest BCUT2D eigenvalue weighted by molar-refractivity contribution is 7.92. The maximum Gasteiger partial charge on any atom is 0.262 e. The summed E-state index contributed by atoms with van der Waals surface area (Å²) in [4.78, 5) is 23.1. The Morgan fingerprint density at radius 1 is 1.07 bits per heavy atom. The molecule has 0 unspecified atom stereocenters. The first-order chi connectivity index (χ1) is 20.0. The molecule has 2 aromatic carbocycles. The lowest BCUT2D eigenvalue weighted by Gasteiger charge is -2.26. The molecule has 0 saturated carbocycles. The molecule has 0 atom stereocenters. The second kappa shape index (κ2) is 12.9. The summed E-state index contributed by atoms with van der Waals surface area (Å²) in [6.07, 6.45) is 0.832. The number of anilines is 1. The molecule has 0 radical (unpaired) electrons. The molecule has 0 aliphatic carbocycles. The fraction of sp³-hybridized carbons (Fsp3) is 0.393. The molecule has 1 aliphatic heterocycles. The molecule has 2 aromatic heterocycles. The van der Waals surface area contributed by atoms with Gasteiger partial charge in [-0.2, -0.15) is 5.10 Å². The van der Waals surface area contributed by atoms with Gasteiger partial charge in [-0.05, 0) is 48.7 Å². The smallest absolute Gasteiger partial charge is 0.262 e. The van der Waals surface area contributed by atoms with Gasteiger partial charge in [-0.3, -0.25) is 14.4 Å². The van der Waals surface area contributed by atoms with Crippen molar-refractivity contribution >= 4 is 61.5 Å². The number of nitrogens with one attached hydrogen (secondary N) is 2. The highest BCUT2D eigenvalue weighted by Crippen LogP contribution is 2.34. The topological polar surface area (TPSA) is 122 Å². The van der Waals surface area contributed by atoms with Gasteiger partial charge in [0.25, 0.3) is 5.56 Å². The van der Waals surface area contributed by atoms with E-state index in [1.807, 2.05) is 13.8 Å². The van der Waals surface area contributed by atoms with E-state index in [4.69, 9.17) is 44.5 Å². The van der Waals surface area contributed by atoms with Crippen molar-refractivity contribution in [2.75, 3.05) is 43.3 Å². The van der Waals surface area contributed by atoms with Gasteiger partial charge in [0, 0.05) is 30.2 Å². The lowest BCUT2D eigenvalue weighted by molar-refractivity contribution is 0.0381. The first kappa shape index (κ1) is 30.8. The van der Waals surface area contributed by atoms with Gasteiger partial charge in [-0.15, -0.1) is 0 Å². The van der Waals surface area contributed by atoms with E-state index < -0.39 is 10.0 Å². The van der Waals surface area contributed by atoms with Gasteiger partial charge in [0.2, 0.25) is 10.0 Å². The highest BCUT2D eigenvalue weighted by atomic mass is 35.5. The van der Waals surface area contributed by atoms with Gasteiger partial charge in [0.15, 0.2) is 5.65 Å². The average molecular weight is 654 g/mol. The zero-order chi connectivity index (χ0) is 30.0. The molecule has 0 bridgehead atoms. The first-order valence-electron chi connectivity index (χ1n) is 13.6. The molecule has 14 heteroatoms. The van der Waals surface area contributed by atoms with Crippen LogP contribution in [-0.2, 0) is 21.2 Å². The van der Waals surface area contributed by atoms with E-state index in [0.717, 1.165) is 18.7 Å². The lowest BCUT2D eigenvalue weighted by Crippen LogP contribution is -2.37. The van der Waals surface area contributed by atoms with Gasteiger partial charge in [0.05, 0.1) is 34.7 Å². The van der Waals surface area contributed by atoms with E-state index in [2.05, 4.69) is 19.7 Å². The number of ether oxygens (including phenoxy) is 1. The molecular formula is C28H31Cl3N6O4S. The van der Waals surface area contributed by atoms with Gasteiger partial charge in [-0.25, -0.2) is 18.1 Å². The number of halogens is 3. The molecule has 1 saturated heterocycles. The number of aromatic nitrogens is 4. The Morgan fingerprint density at radius 2 is 1.74 bits per heavy atom. The van der Waals surface area contributed by atoms with E-state index in [1.54, 1.807) is 36.4 Å². The molecule has 1 fully saturated rings. The van der Waals surface area contributed by atoms with Crippen molar-refractivity contribution in [1.82, 2.24) is 24.6 Å². The zero-order valence-corrected chi connectivity index (χ0v) is 26.2. The van der Waals surface area contributed by atoms with Crippen LogP contribution in [0, 0.1) is 0 Å². The van der Waals surface area contributed by atoms with Crippen LogP contribution in [0.4, 0.5) is 5.69 Å². The van der Waals surface area contributed by atoms with Gasteiger partial charge in [0.1, 0.15) is 16.9 Å². The van der Waals surface area contributed by atoms with Gasteiger partial charge in [-0.1, -0.05) is 60.8 Å². The molecule has 3 heterocycles. The van der Waals surface area contributed by atoms with Crippen molar-refractivity contribution < 1.29 is 13.2 Å². The highest BCUT2D eigenvalue weighted by Gasteiger charge is 2.23. The Kier molecular flexibility index (Phi) is 9.46. The van der Waals surface area contributed by atoms with Crippen molar-refractivity contribution in [3.63, 3.8) is 0 Å². The summed E-state index contributed by atoms with van der Waals surface area (Å²) in [6.45, 7) is 7.60. The summed E-state index contributed by atoms with van der Waals surface area (Å²) in [6, 6.07) is 10.1. The fourth-order valence-electron chi connectivity index (χ4n) is 4.89. The second-order valence-corrected chi connectivity index (χ2v) is 13.6. The summed E-state index contributed by atoms with van der Waals surface area (Å²) in [7, 11) is -3.49. The molecule has 10 nitrogen and oxygen atoms in total. The van der Waals surface area contributed by atoms with E-state index in [-0.39, 0.29) is 27.3 Å². The molecule has 4 aromatic rings. The fourth-order valence-corrected chi connectivity index (χ4v) is 6.98. The summed E-state index contributed by atoms with van der Waals surface area (Å²) < 4.78 is 34.7. The number of aromatic amines is 1. The van der Waals surface area contributed by atoms with Crippen LogP contribution < -0.4 is 10.3 Å². The Hall–Kier alpha value is -2.67. The summed E-state index contributed by atoms with van der Waals surface area (Å²) in [5, 5.41) is 5.94. The Bertz CT molecular complexity index is 1730. The minimum absolute atomic E-state index is 0.0327.